The van der Waals surface area contributed by atoms with Gasteiger partial charge in [-0.1, -0.05) is 0 Å². The number of rotatable bonds is 5. The highest BCUT2D eigenvalue weighted by molar-refractivity contribution is 7.80. The molecule has 9 heteroatoms. The Morgan fingerprint density at radius 1 is 1.14 bits per heavy atom. The minimum atomic E-state index is -4.37. The average molecular weight is 320 g/mol. The lowest BCUT2D eigenvalue weighted by atomic mass is 10.2. The normalized spacial score (nSPS) is 10.8. The molecule has 0 aromatic heterocycles. The van der Waals surface area contributed by atoms with E-state index in [9.17, 15) is 23.1 Å². The van der Waals surface area contributed by atoms with Gasteiger partial charge in [-0.05, 0) is 42.9 Å². The number of amides is 1. The van der Waals surface area contributed by atoms with Crippen LogP contribution < -0.4 is 21.1 Å². The molecule has 0 bridgehead atoms. The molecule has 3 N–H and O–H groups in total. The highest BCUT2D eigenvalue weighted by Crippen LogP contribution is 2.29. The Kier molecular flexibility index (Phi) is 6.22. The molecular formula is C12H13F3N3O2S-. The molecule has 0 aliphatic rings. The molecule has 1 rings (SSSR count). The highest BCUT2D eigenvalue weighted by Gasteiger charge is 2.29. The van der Waals surface area contributed by atoms with Crippen molar-refractivity contribution in [2.75, 3.05) is 18.4 Å². The van der Waals surface area contributed by atoms with Crippen molar-refractivity contribution in [2.45, 2.75) is 12.6 Å². The number of hydrogen-bond donors (Lipinski definition) is 3. The molecule has 0 heterocycles. The fourth-order valence-corrected chi connectivity index (χ4v) is 1.62. The predicted molar refractivity (Wildman–Crippen MR) is 73.7 cm³/mol. The molecule has 0 aliphatic heterocycles. The summed E-state index contributed by atoms with van der Waals surface area (Å²) >= 11 is 4.95. The van der Waals surface area contributed by atoms with Crippen molar-refractivity contribution in [3.8, 4) is 0 Å². The zero-order valence-corrected chi connectivity index (χ0v) is 11.6. The summed E-state index contributed by atoms with van der Waals surface area (Å²) in [5, 5.41) is 17.9. The Morgan fingerprint density at radius 3 is 2.24 bits per heavy atom. The molecular weight excluding hydrogens is 307 g/mol. The van der Waals surface area contributed by atoms with Gasteiger partial charge in [-0.15, -0.1) is 0 Å². The summed E-state index contributed by atoms with van der Waals surface area (Å²) in [6, 6.07) is 4.45. The molecule has 0 unspecified atom stereocenters. The van der Waals surface area contributed by atoms with Gasteiger partial charge in [-0.3, -0.25) is 0 Å². The summed E-state index contributed by atoms with van der Waals surface area (Å²) in [5.41, 5.74) is -0.311. The van der Waals surface area contributed by atoms with Crippen LogP contribution in [0.5, 0.6) is 0 Å². The van der Waals surface area contributed by atoms with Crippen molar-refractivity contribution in [2.24, 2.45) is 0 Å². The smallest absolute Gasteiger partial charge is 0.416 e. The topological polar surface area (TPSA) is 76.2 Å². The van der Waals surface area contributed by atoms with Crippen LogP contribution in [0.25, 0.3) is 0 Å². The number of carbonyl (C=O) groups is 1. The maximum atomic E-state index is 12.4. The van der Waals surface area contributed by atoms with Gasteiger partial charge in [0.05, 0.1) is 5.56 Å². The number of halogens is 3. The third-order valence-corrected chi connectivity index (χ3v) is 2.62. The second-order valence-electron chi connectivity index (χ2n) is 4.02. The quantitative estimate of drug-likeness (QED) is 0.563. The number of carbonyl (C=O) groups excluding carboxylic acids is 1. The molecule has 1 aromatic carbocycles. The van der Waals surface area contributed by atoms with E-state index in [2.05, 4.69) is 16.0 Å². The fourth-order valence-electron chi connectivity index (χ4n) is 1.40. The maximum absolute atomic E-state index is 12.4. The van der Waals surface area contributed by atoms with E-state index in [0.717, 1.165) is 12.1 Å². The SMILES string of the molecule is O=C([O-])NCCCNC(=S)Nc1ccc(C(F)(F)F)cc1. The third kappa shape index (κ3) is 6.80. The first-order valence-corrected chi connectivity index (χ1v) is 6.37. The second kappa shape index (κ2) is 7.67. The van der Waals surface area contributed by atoms with Crippen molar-refractivity contribution in [3.63, 3.8) is 0 Å². The van der Waals surface area contributed by atoms with Crippen LogP contribution in [0, 0.1) is 0 Å². The third-order valence-electron chi connectivity index (χ3n) is 2.38. The fraction of sp³-hybridized carbons (Fsp3) is 0.333. The minimum absolute atomic E-state index is 0.220. The van der Waals surface area contributed by atoms with Crippen LogP contribution in [0.3, 0.4) is 0 Å². The largest absolute Gasteiger partial charge is 0.530 e. The first-order chi connectivity index (χ1) is 9.79. The summed E-state index contributed by atoms with van der Waals surface area (Å²) in [5.74, 6) is 0. The molecule has 0 atom stereocenters. The van der Waals surface area contributed by atoms with Gasteiger partial charge < -0.3 is 25.9 Å². The molecule has 116 valence electrons. The van der Waals surface area contributed by atoms with E-state index >= 15 is 0 Å². The van der Waals surface area contributed by atoms with Crippen LogP contribution in [0.15, 0.2) is 24.3 Å². The lowest BCUT2D eigenvalue weighted by molar-refractivity contribution is -0.250. The zero-order valence-electron chi connectivity index (χ0n) is 10.8. The lowest BCUT2D eigenvalue weighted by Crippen LogP contribution is -2.38. The molecule has 1 aromatic rings. The Labute approximate surface area is 124 Å². The molecule has 0 radical (unpaired) electrons. The Hall–Kier alpha value is -2.03. The number of thiocarbonyl (C=S) groups is 1. The van der Waals surface area contributed by atoms with Crippen molar-refractivity contribution in [1.82, 2.24) is 10.6 Å². The molecule has 5 nitrogen and oxygen atoms in total. The Bertz CT molecular complexity index is 492. The molecule has 0 aliphatic carbocycles. The second-order valence-corrected chi connectivity index (χ2v) is 4.43. The van der Waals surface area contributed by atoms with Crippen LogP contribution in [0.1, 0.15) is 12.0 Å². The number of benzene rings is 1. The van der Waals surface area contributed by atoms with Crippen LogP contribution in [0.4, 0.5) is 23.7 Å². The zero-order chi connectivity index (χ0) is 15.9. The van der Waals surface area contributed by atoms with Gasteiger partial charge in [0.1, 0.15) is 6.09 Å². The van der Waals surface area contributed by atoms with Gasteiger partial charge in [-0.2, -0.15) is 13.2 Å². The molecule has 0 saturated carbocycles. The van der Waals surface area contributed by atoms with Crippen molar-refractivity contribution in [3.05, 3.63) is 29.8 Å². The van der Waals surface area contributed by atoms with Crippen LogP contribution in [-0.4, -0.2) is 24.3 Å². The molecule has 0 spiro atoms. The standard InChI is InChI=1S/C12H14F3N3O2S/c13-12(14,15)8-2-4-9(5-3-8)18-10(21)16-6-1-7-17-11(19)20/h2-5,17H,1,6-7H2,(H,19,20)(H2,16,18,21)/p-1. The Morgan fingerprint density at radius 2 is 1.71 bits per heavy atom. The Balaban J connectivity index is 2.33. The number of hydrogen-bond acceptors (Lipinski definition) is 3. The predicted octanol–water partition coefficient (Wildman–Crippen LogP) is 1.31. The molecule has 0 fully saturated rings. The first kappa shape index (κ1) is 17.0. The molecule has 21 heavy (non-hydrogen) atoms. The number of carboxylic acid groups (broad SMARTS) is 1. The lowest BCUT2D eigenvalue weighted by Gasteiger charge is -2.12. The van der Waals surface area contributed by atoms with E-state index in [0.29, 0.717) is 18.7 Å². The summed E-state index contributed by atoms with van der Waals surface area (Å²) in [4.78, 5) is 10.1. The van der Waals surface area contributed by atoms with Crippen LogP contribution in [-0.2, 0) is 6.18 Å². The van der Waals surface area contributed by atoms with Crippen LogP contribution in [0.2, 0.25) is 0 Å². The van der Waals surface area contributed by atoms with E-state index < -0.39 is 17.8 Å². The van der Waals surface area contributed by atoms with Gasteiger partial charge in [0, 0.05) is 18.8 Å². The van der Waals surface area contributed by atoms with Gasteiger partial charge in [-0.25, -0.2) is 0 Å². The minimum Gasteiger partial charge on any atom is -0.530 e. The molecule has 1 amide bonds. The number of nitrogens with one attached hydrogen (secondary N) is 3. The summed E-state index contributed by atoms with van der Waals surface area (Å²) in [6.07, 6.45) is -5.23. The van der Waals surface area contributed by atoms with Gasteiger partial charge in [0.15, 0.2) is 5.11 Å². The maximum Gasteiger partial charge on any atom is 0.416 e. The van der Waals surface area contributed by atoms with Crippen molar-refractivity contribution >= 4 is 29.1 Å². The van der Waals surface area contributed by atoms with Gasteiger partial charge >= 0.3 is 6.18 Å². The molecule has 0 saturated heterocycles. The summed E-state index contributed by atoms with van der Waals surface area (Å²) < 4.78 is 37.1. The summed E-state index contributed by atoms with van der Waals surface area (Å²) in [7, 11) is 0. The van der Waals surface area contributed by atoms with E-state index in [-0.39, 0.29) is 11.7 Å². The average Bonchev–Trinajstić information content (AvgIpc) is 2.37. The van der Waals surface area contributed by atoms with Crippen LogP contribution >= 0.6 is 12.2 Å². The van der Waals surface area contributed by atoms with E-state index in [1.807, 2.05) is 0 Å². The number of anilines is 1. The number of alkyl halides is 3. The van der Waals surface area contributed by atoms with Crippen molar-refractivity contribution < 1.29 is 23.1 Å². The first-order valence-electron chi connectivity index (χ1n) is 5.96. The monoisotopic (exact) mass is 320 g/mol. The van der Waals surface area contributed by atoms with Gasteiger partial charge in [0.25, 0.3) is 0 Å². The van der Waals surface area contributed by atoms with Gasteiger partial charge in [0.2, 0.25) is 0 Å². The van der Waals surface area contributed by atoms with Crippen molar-refractivity contribution in [1.29, 1.82) is 0 Å². The van der Waals surface area contributed by atoms with E-state index in [1.165, 1.54) is 12.1 Å². The van der Waals surface area contributed by atoms with E-state index in [1.54, 1.807) is 0 Å². The highest BCUT2D eigenvalue weighted by atomic mass is 32.1. The van der Waals surface area contributed by atoms with E-state index in [4.69, 9.17) is 12.2 Å². The summed E-state index contributed by atoms with van der Waals surface area (Å²) in [6.45, 7) is 0.630.